The molecule has 2 fully saturated rings. The number of morpholine rings is 1. The van der Waals surface area contributed by atoms with Gasteiger partial charge in [-0.2, -0.15) is 0 Å². The van der Waals surface area contributed by atoms with Gasteiger partial charge in [0.1, 0.15) is 17.7 Å². The maximum atomic E-state index is 12.5. The first kappa shape index (κ1) is 20.4. The van der Waals surface area contributed by atoms with Gasteiger partial charge in [-0.15, -0.1) is 0 Å². The van der Waals surface area contributed by atoms with E-state index in [1.807, 2.05) is 0 Å². The molecule has 2 rings (SSSR count). The van der Waals surface area contributed by atoms with E-state index in [-0.39, 0.29) is 25.1 Å². The van der Waals surface area contributed by atoms with E-state index >= 15 is 0 Å². The van der Waals surface area contributed by atoms with Crippen LogP contribution in [0.15, 0.2) is 0 Å². The first-order valence-corrected chi connectivity index (χ1v) is 8.90. The zero-order chi connectivity index (χ0) is 19.3. The van der Waals surface area contributed by atoms with E-state index in [1.165, 1.54) is 7.11 Å². The smallest absolute Gasteiger partial charge is 0.407 e. The number of esters is 1. The minimum atomic E-state index is -0.800. The number of hydrogen-bond donors (Lipinski definition) is 2. The fourth-order valence-corrected chi connectivity index (χ4v) is 2.71. The number of nitrogens with one attached hydrogen (secondary N) is 2. The summed E-state index contributed by atoms with van der Waals surface area (Å²) in [6.07, 6.45) is 1.32. The zero-order valence-electron chi connectivity index (χ0n) is 15.9. The third-order valence-corrected chi connectivity index (χ3v) is 4.11. The van der Waals surface area contributed by atoms with Gasteiger partial charge >= 0.3 is 12.1 Å². The average Bonchev–Trinajstić information content (AvgIpc) is 3.37. The third-order valence-electron chi connectivity index (χ3n) is 4.11. The summed E-state index contributed by atoms with van der Waals surface area (Å²) in [7, 11) is 1.28. The summed E-state index contributed by atoms with van der Waals surface area (Å²) in [4.78, 5) is 38.4. The zero-order valence-corrected chi connectivity index (χ0v) is 15.9. The van der Waals surface area contributed by atoms with Crippen LogP contribution < -0.4 is 10.6 Å². The van der Waals surface area contributed by atoms with E-state index in [0.29, 0.717) is 13.2 Å². The van der Waals surface area contributed by atoms with Crippen molar-refractivity contribution in [2.45, 2.75) is 57.3 Å². The highest BCUT2D eigenvalue weighted by molar-refractivity contribution is 5.84. The molecule has 0 aromatic carbocycles. The van der Waals surface area contributed by atoms with Gasteiger partial charge < -0.3 is 24.8 Å². The molecule has 2 aliphatic rings. The highest BCUT2D eigenvalue weighted by Crippen LogP contribution is 2.20. The second kappa shape index (κ2) is 8.68. The maximum Gasteiger partial charge on any atom is 0.407 e. The Hall–Kier alpha value is -1.87. The maximum absolute atomic E-state index is 12.5. The fraction of sp³-hybridized carbons (Fsp3) is 0.824. The Bertz CT molecular complexity index is 529. The SMILES string of the molecule is COC(=O)C(CNC(=O)OC(C)(C)C)N1CCOCC1C(=O)NC1CC1. The molecule has 0 aromatic rings. The topological polar surface area (TPSA) is 106 Å². The molecule has 1 saturated carbocycles. The predicted molar refractivity (Wildman–Crippen MR) is 92.5 cm³/mol. The first-order chi connectivity index (χ1) is 12.2. The van der Waals surface area contributed by atoms with E-state index in [1.54, 1.807) is 25.7 Å². The Kier molecular flexibility index (Phi) is 6.82. The molecule has 0 bridgehead atoms. The molecule has 0 aromatic heterocycles. The Balaban J connectivity index is 2.03. The minimum Gasteiger partial charge on any atom is -0.468 e. The van der Waals surface area contributed by atoms with Gasteiger partial charge in [-0.1, -0.05) is 0 Å². The number of rotatable bonds is 6. The molecule has 148 valence electrons. The molecule has 2 atom stereocenters. The van der Waals surface area contributed by atoms with Crippen LogP contribution in [0.3, 0.4) is 0 Å². The standard InChI is InChI=1S/C17H29N3O6/c1-17(2,3)26-16(23)18-9-12(15(22)24-4)20-7-8-25-10-13(20)14(21)19-11-5-6-11/h11-13H,5-10H2,1-4H3,(H,18,23)(H,19,21). The van der Waals surface area contributed by atoms with Gasteiger partial charge in [0.15, 0.2) is 0 Å². The second-order valence-electron chi connectivity index (χ2n) is 7.53. The van der Waals surface area contributed by atoms with Crippen molar-refractivity contribution in [3.63, 3.8) is 0 Å². The molecule has 2 amide bonds. The molecule has 1 saturated heterocycles. The van der Waals surface area contributed by atoms with E-state index in [0.717, 1.165) is 12.8 Å². The number of carbonyl (C=O) groups excluding carboxylic acids is 3. The largest absolute Gasteiger partial charge is 0.468 e. The van der Waals surface area contributed by atoms with Crippen LogP contribution in [0.25, 0.3) is 0 Å². The molecule has 9 heteroatoms. The van der Waals surface area contributed by atoms with E-state index < -0.39 is 29.7 Å². The van der Waals surface area contributed by atoms with Crippen molar-refractivity contribution in [3.05, 3.63) is 0 Å². The number of nitrogens with zero attached hydrogens (tertiary/aromatic N) is 1. The lowest BCUT2D eigenvalue weighted by Gasteiger charge is -2.38. The molecule has 2 unspecified atom stereocenters. The minimum absolute atomic E-state index is 0.0191. The molecule has 1 aliphatic carbocycles. The van der Waals surface area contributed by atoms with Crippen molar-refractivity contribution in [3.8, 4) is 0 Å². The molecule has 1 heterocycles. The summed E-state index contributed by atoms with van der Waals surface area (Å²) in [5.74, 6) is -0.689. The Morgan fingerprint density at radius 2 is 1.96 bits per heavy atom. The van der Waals surface area contributed by atoms with Gasteiger partial charge in [0, 0.05) is 19.1 Å². The molecule has 26 heavy (non-hydrogen) atoms. The predicted octanol–water partition coefficient (Wildman–Crippen LogP) is 0.0321. The molecule has 2 N–H and O–H groups in total. The molecule has 0 radical (unpaired) electrons. The van der Waals surface area contributed by atoms with E-state index in [2.05, 4.69) is 10.6 Å². The van der Waals surface area contributed by atoms with Gasteiger partial charge in [-0.05, 0) is 33.6 Å². The van der Waals surface area contributed by atoms with Crippen LogP contribution in [-0.2, 0) is 23.8 Å². The lowest BCUT2D eigenvalue weighted by atomic mass is 10.1. The molecule has 1 aliphatic heterocycles. The van der Waals surface area contributed by atoms with Crippen LogP contribution in [0, 0.1) is 0 Å². The summed E-state index contributed by atoms with van der Waals surface area (Å²) in [6, 6.07) is -1.19. The summed E-state index contributed by atoms with van der Waals surface area (Å²) in [5.41, 5.74) is -0.642. The number of ether oxygens (including phenoxy) is 3. The number of methoxy groups -OCH3 is 1. The monoisotopic (exact) mass is 371 g/mol. The molecule has 9 nitrogen and oxygen atoms in total. The number of amides is 2. The van der Waals surface area contributed by atoms with Crippen molar-refractivity contribution in [1.29, 1.82) is 0 Å². The Morgan fingerprint density at radius 1 is 1.27 bits per heavy atom. The highest BCUT2D eigenvalue weighted by atomic mass is 16.6. The number of hydrogen-bond acceptors (Lipinski definition) is 7. The number of alkyl carbamates (subject to hydrolysis) is 1. The van der Waals surface area contributed by atoms with E-state index in [4.69, 9.17) is 14.2 Å². The Morgan fingerprint density at radius 3 is 2.54 bits per heavy atom. The van der Waals surface area contributed by atoms with Crippen LogP contribution in [0.5, 0.6) is 0 Å². The molecular weight excluding hydrogens is 342 g/mol. The third kappa shape index (κ3) is 6.14. The van der Waals surface area contributed by atoms with Gasteiger partial charge in [-0.25, -0.2) is 4.79 Å². The van der Waals surface area contributed by atoms with Crippen molar-refractivity contribution in [1.82, 2.24) is 15.5 Å². The summed E-state index contributed by atoms with van der Waals surface area (Å²) in [6.45, 7) is 6.22. The lowest BCUT2D eigenvalue weighted by Crippen LogP contribution is -2.62. The van der Waals surface area contributed by atoms with Crippen LogP contribution in [0.4, 0.5) is 4.79 Å². The highest BCUT2D eigenvalue weighted by Gasteiger charge is 2.40. The van der Waals surface area contributed by atoms with Gasteiger partial charge in [0.2, 0.25) is 5.91 Å². The van der Waals surface area contributed by atoms with Crippen LogP contribution >= 0.6 is 0 Å². The van der Waals surface area contributed by atoms with Crippen molar-refractivity contribution in [2.75, 3.05) is 33.4 Å². The van der Waals surface area contributed by atoms with Crippen LogP contribution in [-0.4, -0.2) is 80.0 Å². The van der Waals surface area contributed by atoms with Crippen molar-refractivity contribution in [2.24, 2.45) is 0 Å². The number of carbonyl (C=O) groups is 3. The second-order valence-corrected chi connectivity index (χ2v) is 7.53. The van der Waals surface area contributed by atoms with Gasteiger partial charge in [-0.3, -0.25) is 14.5 Å². The summed E-state index contributed by atoms with van der Waals surface area (Å²) >= 11 is 0. The summed E-state index contributed by atoms with van der Waals surface area (Å²) < 4.78 is 15.5. The quantitative estimate of drug-likeness (QED) is 0.635. The van der Waals surface area contributed by atoms with Crippen LogP contribution in [0.1, 0.15) is 33.6 Å². The van der Waals surface area contributed by atoms with Gasteiger partial charge in [0.05, 0.1) is 20.3 Å². The van der Waals surface area contributed by atoms with Crippen LogP contribution in [0.2, 0.25) is 0 Å². The Labute approximate surface area is 153 Å². The molecular formula is C17H29N3O6. The van der Waals surface area contributed by atoms with Crippen molar-refractivity contribution >= 4 is 18.0 Å². The lowest BCUT2D eigenvalue weighted by molar-refractivity contribution is -0.153. The fourth-order valence-electron chi connectivity index (χ4n) is 2.71. The average molecular weight is 371 g/mol. The normalized spacial score (nSPS) is 22.2. The summed E-state index contributed by atoms with van der Waals surface area (Å²) in [5, 5.41) is 5.52. The first-order valence-electron chi connectivity index (χ1n) is 8.90. The molecule has 0 spiro atoms. The van der Waals surface area contributed by atoms with E-state index in [9.17, 15) is 14.4 Å². The van der Waals surface area contributed by atoms with Gasteiger partial charge in [0.25, 0.3) is 0 Å². The van der Waals surface area contributed by atoms with Crippen molar-refractivity contribution < 1.29 is 28.6 Å².